The lowest BCUT2D eigenvalue weighted by Gasteiger charge is -2.37. The van der Waals surface area contributed by atoms with E-state index < -0.39 is 0 Å². The van der Waals surface area contributed by atoms with Crippen molar-refractivity contribution in [2.24, 2.45) is 0 Å². The second-order valence-corrected chi connectivity index (χ2v) is 6.57. The van der Waals surface area contributed by atoms with Crippen LogP contribution in [0.15, 0.2) is 18.2 Å². The summed E-state index contributed by atoms with van der Waals surface area (Å²) in [7, 11) is 0. The summed E-state index contributed by atoms with van der Waals surface area (Å²) in [5.74, 6) is 0. The predicted molar refractivity (Wildman–Crippen MR) is 90.1 cm³/mol. The highest BCUT2D eigenvalue weighted by atomic mass is 15.2. The highest BCUT2D eigenvalue weighted by Crippen LogP contribution is 2.32. The Hall–Kier alpha value is -1.06. The first-order valence-electron chi connectivity index (χ1n) is 8.56. The first-order valence-corrected chi connectivity index (χ1v) is 8.56. The summed E-state index contributed by atoms with van der Waals surface area (Å²) in [6.45, 7) is 11.6. The monoisotopic (exact) mass is 287 g/mol. The molecule has 0 aromatic heterocycles. The van der Waals surface area contributed by atoms with E-state index in [-0.39, 0.29) is 0 Å². The Balaban J connectivity index is 1.86. The van der Waals surface area contributed by atoms with Gasteiger partial charge in [0.15, 0.2) is 0 Å². The molecule has 1 aromatic carbocycles. The zero-order valence-corrected chi connectivity index (χ0v) is 13.6. The van der Waals surface area contributed by atoms with E-state index in [9.17, 15) is 0 Å². The molecule has 1 atom stereocenters. The first-order chi connectivity index (χ1) is 10.3. The van der Waals surface area contributed by atoms with Crippen LogP contribution in [0.3, 0.4) is 0 Å². The Kier molecular flexibility index (Phi) is 4.81. The van der Waals surface area contributed by atoms with Gasteiger partial charge in [-0.25, -0.2) is 0 Å². The topological polar surface area (TPSA) is 18.5 Å². The fraction of sp³-hybridized carbons (Fsp3) is 0.667. The van der Waals surface area contributed by atoms with E-state index in [0.29, 0.717) is 6.04 Å². The van der Waals surface area contributed by atoms with Crippen molar-refractivity contribution in [1.29, 1.82) is 0 Å². The molecular formula is C18H29N3. The molecule has 1 aromatic rings. The lowest BCUT2D eigenvalue weighted by atomic mass is 9.99. The summed E-state index contributed by atoms with van der Waals surface area (Å²) in [6.07, 6.45) is 4.08. The number of aryl methyl sites for hydroxylation is 1. The van der Waals surface area contributed by atoms with Crippen LogP contribution in [-0.4, -0.2) is 44.2 Å². The van der Waals surface area contributed by atoms with Gasteiger partial charge in [0, 0.05) is 51.0 Å². The van der Waals surface area contributed by atoms with E-state index in [0.717, 1.165) is 26.2 Å². The zero-order valence-electron chi connectivity index (χ0n) is 13.6. The van der Waals surface area contributed by atoms with Gasteiger partial charge in [-0.1, -0.05) is 17.7 Å². The van der Waals surface area contributed by atoms with Gasteiger partial charge in [0.25, 0.3) is 0 Å². The third-order valence-corrected chi connectivity index (χ3v) is 5.03. The molecule has 3 rings (SSSR count). The summed E-state index contributed by atoms with van der Waals surface area (Å²) >= 11 is 0. The molecule has 1 N–H and O–H groups in total. The predicted octanol–water partition coefficient (Wildman–Crippen LogP) is 2.95. The van der Waals surface area contributed by atoms with Crippen LogP contribution in [0.1, 0.15) is 43.4 Å². The molecule has 0 spiro atoms. The third-order valence-electron chi connectivity index (χ3n) is 5.03. The highest BCUT2D eigenvalue weighted by molar-refractivity contribution is 5.56. The van der Waals surface area contributed by atoms with Gasteiger partial charge in [0.2, 0.25) is 0 Å². The molecular weight excluding hydrogens is 258 g/mol. The number of anilines is 1. The maximum Gasteiger partial charge on any atom is 0.0414 e. The van der Waals surface area contributed by atoms with Crippen LogP contribution >= 0.6 is 0 Å². The van der Waals surface area contributed by atoms with Gasteiger partial charge < -0.3 is 10.2 Å². The van der Waals surface area contributed by atoms with Crippen molar-refractivity contribution in [2.75, 3.05) is 44.2 Å². The van der Waals surface area contributed by atoms with Crippen LogP contribution in [0.2, 0.25) is 0 Å². The van der Waals surface area contributed by atoms with E-state index in [2.05, 4.69) is 47.2 Å². The number of benzene rings is 1. The molecule has 1 unspecified atom stereocenters. The molecule has 3 heteroatoms. The largest absolute Gasteiger partial charge is 0.371 e. The highest BCUT2D eigenvalue weighted by Gasteiger charge is 2.23. The molecule has 0 amide bonds. The lowest BCUT2D eigenvalue weighted by Crippen LogP contribution is -2.44. The maximum atomic E-state index is 3.46. The normalized spacial score (nSPS) is 22.3. The van der Waals surface area contributed by atoms with E-state index >= 15 is 0 Å². The quantitative estimate of drug-likeness (QED) is 0.922. The summed E-state index contributed by atoms with van der Waals surface area (Å²) < 4.78 is 0. The van der Waals surface area contributed by atoms with Crippen LogP contribution in [0.25, 0.3) is 0 Å². The number of hydrogen-bond donors (Lipinski definition) is 1. The van der Waals surface area contributed by atoms with E-state index in [1.54, 1.807) is 0 Å². The van der Waals surface area contributed by atoms with Crippen LogP contribution in [0, 0.1) is 6.92 Å². The molecule has 2 fully saturated rings. The first kappa shape index (κ1) is 14.9. The fourth-order valence-corrected chi connectivity index (χ4v) is 3.70. The number of nitrogens with one attached hydrogen (secondary N) is 1. The molecule has 0 bridgehead atoms. The van der Waals surface area contributed by atoms with Crippen molar-refractivity contribution in [3.8, 4) is 0 Å². The Morgan fingerprint density at radius 2 is 1.71 bits per heavy atom. The SMILES string of the molecule is Cc1ccc(N2CCCCC2)c(C(C)N2CCNCC2)c1. The van der Waals surface area contributed by atoms with E-state index in [4.69, 9.17) is 0 Å². The Morgan fingerprint density at radius 3 is 2.43 bits per heavy atom. The van der Waals surface area contributed by atoms with Gasteiger partial charge in [-0.05, 0) is 44.7 Å². The van der Waals surface area contributed by atoms with Gasteiger partial charge in [0.05, 0.1) is 0 Å². The van der Waals surface area contributed by atoms with Gasteiger partial charge in [-0.3, -0.25) is 4.90 Å². The van der Waals surface area contributed by atoms with Gasteiger partial charge in [0.1, 0.15) is 0 Å². The minimum Gasteiger partial charge on any atom is -0.371 e. The Bertz CT molecular complexity index is 460. The second-order valence-electron chi connectivity index (χ2n) is 6.57. The van der Waals surface area contributed by atoms with Crippen molar-refractivity contribution in [3.05, 3.63) is 29.3 Å². The molecule has 116 valence electrons. The van der Waals surface area contributed by atoms with Gasteiger partial charge in [-0.2, -0.15) is 0 Å². The van der Waals surface area contributed by atoms with Crippen molar-refractivity contribution in [1.82, 2.24) is 10.2 Å². The number of rotatable bonds is 3. The summed E-state index contributed by atoms with van der Waals surface area (Å²) in [5.41, 5.74) is 4.39. The minimum atomic E-state index is 0.518. The van der Waals surface area contributed by atoms with Crippen LogP contribution in [0.4, 0.5) is 5.69 Å². The lowest BCUT2D eigenvalue weighted by molar-refractivity contribution is 0.185. The second kappa shape index (κ2) is 6.80. The summed E-state index contributed by atoms with van der Waals surface area (Å²) in [6, 6.07) is 7.56. The van der Waals surface area contributed by atoms with Crippen molar-refractivity contribution >= 4 is 5.69 Å². The molecule has 0 radical (unpaired) electrons. The Labute approximate surface area is 129 Å². The van der Waals surface area contributed by atoms with E-state index in [1.807, 2.05) is 0 Å². The standard InChI is InChI=1S/C18H29N3/c1-15-6-7-18(21-10-4-3-5-11-21)17(14-15)16(2)20-12-8-19-9-13-20/h6-7,14,16,19H,3-5,8-13H2,1-2H3. The molecule has 0 aliphatic carbocycles. The van der Waals surface area contributed by atoms with Crippen molar-refractivity contribution in [3.63, 3.8) is 0 Å². The fourth-order valence-electron chi connectivity index (χ4n) is 3.70. The number of piperazine rings is 1. The third kappa shape index (κ3) is 3.41. The molecule has 21 heavy (non-hydrogen) atoms. The molecule has 2 heterocycles. The van der Waals surface area contributed by atoms with Crippen molar-refractivity contribution < 1.29 is 0 Å². The minimum absolute atomic E-state index is 0.518. The van der Waals surface area contributed by atoms with Gasteiger partial charge >= 0.3 is 0 Å². The number of hydrogen-bond acceptors (Lipinski definition) is 3. The number of nitrogens with zero attached hydrogens (tertiary/aromatic N) is 2. The number of piperidine rings is 1. The molecule has 0 saturated carbocycles. The molecule has 3 nitrogen and oxygen atoms in total. The average Bonchev–Trinajstić information content (AvgIpc) is 2.56. The smallest absolute Gasteiger partial charge is 0.0414 e. The van der Waals surface area contributed by atoms with Gasteiger partial charge in [-0.15, -0.1) is 0 Å². The molecule has 2 aliphatic rings. The van der Waals surface area contributed by atoms with E-state index in [1.165, 1.54) is 49.2 Å². The maximum absolute atomic E-state index is 3.46. The van der Waals surface area contributed by atoms with Crippen LogP contribution < -0.4 is 10.2 Å². The van der Waals surface area contributed by atoms with Crippen LogP contribution in [0.5, 0.6) is 0 Å². The summed E-state index contributed by atoms with van der Waals surface area (Å²) in [4.78, 5) is 5.23. The van der Waals surface area contributed by atoms with Crippen molar-refractivity contribution in [2.45, 2.75) is 39.2 Å². The Morgan fingerprint density at radius 1 is 1.00 bits per heavy atom. The summed E-state index contributed by atoms with van der Waals surface area (Å²) in [5, 5.41) is 3.46. The zero-order chi connectivity index (χ0) is 14.7. The van der Waals surface area contributed by atoms with Crippen LogP contribution in [-0.2, 0) is 0 Å². The molecule has 2 saturated heterocycles. The molecule has 2 aliphatic heterocycles. The average molecular weight is 287 g/mol.